The first kappa shape index (κ1) is 23.3. The highest BCUT2D eigenvalue weighted by Gasteiger charge is 2.23. The van der Waals surface area contributed by atoms with E-state index in [1.54, 1.807) is 18.9 Å². The number of hydrogen-bond donors (Lipinski definition) is 1. The first-order valence-electron chi connectivity index (χ1n) is 11.2. The molecule has 1 aliphatic rings. The van der Waals surface area contributed by atoms with Crippen LogP contribution in [0.15, 0.2) is 58.1 Å². The summed E-state index contributed by atoms with van der Waals surface area (Å²) in [7, 11) is 1.78. The quantitative estimate of drug-likeness (QED) is 0.506. The van der Waals surface area contributed by atoms with Crippen LogP contribution in [0.25, 0.3) is 0 Å². The van der Waals surface area contributed by atoms with E-state index >= 15 is 0 Å². The molecule has 2 heterocycles. The topological polar surface area (TPSA) is 109 Å². The number of nitrogens with zero attached hydrogens (tertiary/aromatic N) is 3. The van der Waals surface area contributed by atoms with E-state index in [1.165, 1.54) is 4.57 Å². The Bertz CT molecular complexity index is 1310. The Morgan fingerprint density at radius 1 is 1.00 bits per heavy atom. The Morgan fingerprint density at radius 3 is 2.41 bits per heavy atom. The summed E-state index contributed by atoms with van der Waals surface area (Å²) in [6.07, 6.45) is 0. The summed E-state index contributed by atoms with van der Waals surface area (Å²) in [6.45, 7) is 3.42. The normalized spacial score (nSPS) is 12.7. The molecule has 2 aromatic carbocycles. The largest absolute Gasteiger partial charge is 0.486 e. The molecule has 1 aliphatic heterocycles. The molecule has 0 atom stereocenters. The fourth-order valence-corrected chi connectivity index (χ4v) is 4.05. The Morgan fingerprint density at radius 2 is 1.71 bits per heavy atom. The number of ether oxygens (including phenoxy) is 2. The van der Waals surface area contributed by atoms with E-state index in [1.807, 2.05) is 48.5 Å². The van der Waals surface area contributed by atoms with Gasteiger partial charge in [-0.05, 0) is 37.2 Å². The van der Waals surface area contributed by atoms with Crippen LogP contribution in [0.3, 0.4) is 0 Å². The van der Waals surface area contributed by atoms with Gasteiger partial charge in [0.25, 0.3) is 5.56 Å². The molecule has 178 valence electrons. The summed E-state index contributed by atoms with van der Waals surface area (Å²) < 4.78 is 13.5. The minimum absolute atomic E-state index is 0.0405. The predicted octanol–water partition coefficient (Wildman–Crippen LogP) is 1.75. The van der Waals surface area contributed by atoms with E-state index in [4.69, 9.17) is 15.2 Å². The van der Waals surface area contributed by atoms with Crippen molar-refractivity contribution >= 4 is 11.6 Å². The fourth-order valence-electron chi connectivity index (χ4n) is 4.05. The number of likely N-dealkylation sites (N-methyl/N-ethyl adjacent to an activating group) is 1. The summed E-state index contributed by atoms with van der Waals surface area (Å²) in [6, 6.07) is 14.9. The van der Waals surface area contributed by atoms with E-state index in [-0.39, 0.29) is 31.0 Å². The molecule has 3 aromatic rings. The molecule has 0 aliphatic carbocycles. The summed E-state index contributed by atoms with van der Waals surface area (Å²) in [4.78, 5) is 40.9. The fraction of sp³-hybridized carbons (Fsp3) is 0.320. The number of fused-ring (bicyclic) bond motifs is 1. The van der Waals surface area contributed by atoms with Crippen molar-refractivity contribution in [2.24, 2.45) is 0 Å². The molecule has 0 spiro atoms. The third-order valence-electron chi connectivity index (χ3n) is 5.72. The Hall–Kier alpha value is -3.85. The van der Waals surface area contributed by atoms with Crippen molar-refractivity contribution in [2.75, 3.05) is 32.5 Å². The van der Waals surface area contributed by atoms with Crippen LogP contribution >= 0.6 is 0 Å². The lowest BCUT2D eigenvalue weighted by molar-refractivity contribution is 0.0940. The number of nitrogens with two attached hydrogens (primary N) is 1. The molecule has 0 saturated carbocycles. The van der Waals surface area contributed by atoms with Crippen LogP contribution in [0.5, 0.6) is 11.5 Å². The van der Waals surface area contributed by atoms with Crippen LogP contribution in [0.1, 0.15) is 28.4 Å². The number of benzene rings is 2. The first-order chi connectivity index (χ1) is 16.4. The zero-order chi connectivity index (χ0) is 24.2. The standard InChI is InChI=1S/C25H28N4O5/c1-3-28-24(31)22(23(26)29(25(28)32)15-17-7-5-4-6-8-17)19(30)16-27(2)14-18-9-10-20-21(13-18)34-12-11-33-20/h4-10,13H,3,11-12,14-16,26H2,1-2H3. The van der Waals surface area contributed by atoms with Gasteiger partial charge in [0.15, 0.2) is 17.3 Å². The lowest BCUT2D eigenvalue weighted by atomic mass is 10.1. The van der Waals surface area contributed by atoms with Crippen LogP contribution in [0.4, 0.5) is 5.82 Å². The molecule has 0 unspecified atom stereocenters. The SMILES string of the molecule is CCn1c(=O)c(C(=O)CN(C)Cc2ccc3c(c2)OCCO3)c(N)n(Cc2ccccc2)c1=O. The lowest BCUT2D eigenvalue weighted by Gasteiger charge is -2.21. The molecule has 9 heteroatoms. The highest BCUT2D eigenvalue weighted by Crippen LogP contribution is 2.31. The molecule has 0 bridgehead atoms. The van der Waals surface area contributed by atoms with Crippen molar-refractivity contribution in [3.05, 3.63) is 86.1 Å². The number of aromatic nitrogens is 2. The zero-order valence-corrected chi connectivity index (χ0v) is 19.3. The van der Waals surface area contributed by atoms with E-state index < -0.39 is 17.0 Å². The number of hydrogen-bond acceptors (Lipinski definition) is 7. The van der Waals surface area contributed by atoms with E-state index in [0.29, 0.717) is 31.3 Å². The number of Topliss-reactive ketones (excluding diaryl/α,β-unsaturated/α-hetero) is 1. The summed E-state index contributed by atoms with van der Waals surface area (Å²) in [5, 5.41) is 0. The Kier molecular flexibility index (Phi) is 6.83. The number of rotatable bonds is 8. The number of carbonyl (C=O) groups excluding carboxylic acids is 1. The minimum Gasteiger partial charge on any atom is -0.486 e. The van der Waals surface area contributed by atoms with E-state index in [9.17, 15) is 14.4 Å². The molecule has 2 N–H and O–H groups in total. The maximum absolute atomic E-state index is 13.2. The van der Waals surface area contributed by atoms with Gasteiger partial charge >= 0.3 is 5.69 Å². The monoisotopic (exact) mass is 464 g/mol. The summed E-state index contributed by atoms with van der Waals surface area (Å²) in [5.74, 6) is 0.821. The second kappa shape index (κ2) is 9.96. The number of nitrogen functional groups attached to an aromatic ring is 1. The molecule has 0 fully saturated rings. The van der Waals surface area contributed by atoms with Gasteiger partial charge in [-0.2, -0.15) is 0 Å². The van der Waals surface area contributed by atoms with Gasteiger partial charge in [-0.25, -0.2) is 4.79 Å². The van der Waals surface area contributed by atoms with Crippen LogP contribution in [0.2, 0.25) is 0 Å². The van der Waals surface area contributed by atoms with Crippen molar-refractivity contribution in [3.8, 4) is 11.5 Å². The second-order valence-corrected chi connectivity index (χ2v) is 8.24. The van der Waals surface area contributed by atoms with Gasteiger partial charge in [0.05, 0.1) is 13.1 Å². The average molecular weight is 465 g/mol. The molecular formula is C25H28N4O5. The Balaban J connectivity index is 1.59. The lowest BCUT2D eigenvalue weighted by Crippen LogP contribution is -2.45. The molecular weight excluding hydrogens is 436 g/mol. The van der Waals surface area contributed by atoms with Gasteiger partial charge in [0, 0.05) is 13.1 Å². The third-order valence-corrected chi connectivity index (χ3v) is 5.72. The molecule has 1 aromatic heterocycles. The van der Waals surface area contributed by atoms with Crippen molar-refractivity contribution in [2.45, 2.75) is 26.6 Å². The van der Waals surface area contributed by atoms with Crippen LogP contribution < -0.4 is 26.5 Å². The van der Waals surface area contributed by atoms with Gasteiger partial charge in [-0.3, -0.25) is 23.6 Å². The summed E-state index contributed by atoms with van der Waals surface area (Å²) >= 11 is 0. The predicted molar refractivity (Wildman–Crippen MR) is 129 cm³/mol. The number of carbonyl (C=O) groups is 1. The summed E-state index contributed by atoms with van der Waals surface area (Å²) in [5.41, 5.74) is 6.67. The third kappa shape index (κ3) is 4.74. The molecule has 0 amide bonds. The second-order valence-electron chi connectivity index (χ2n) is 8.24. The van der Waals surface area contributed by atoms with Gasteiger partial charge in [0.1, 0.15) is 24.6 Å². The molecule has 0 saturated heterocycles. The molecule has 0 radical (unpaired) electrons. The van der Waals surface area contributed by atoms with Crippen LogP contribution in [-0.4, -0.2) is 46.6 Å². The maximum atomic E-state index is 13.2. The molecule has 34 heavy (non-hydrogen) atoms. The van der Waals surface area contributed by atoms with E-state index in [2.05, 4.69) is 0 Å². The van der Waals surface area contributed by atoms with Crippen LogP contribution in [0, 0.1) is 0 Å². The minimum atomic E-state index is -0.660. The number of ketones is 1. The van der Waals surface area contributed by atoms with Crippen molar-refractivity contribution in [3.63, 3.8) is 0 Å². The maximum Gasteiger partial charge on any atom is 0.332 e. The van der Waals surface area contributed by atoms with Crippen molar-refractivity contribution < 1.29 is 14.3 Å². The smallest absolute Gasteiger partial charge is 0.332 e. The number of anilines is 1. The average Bonchev–Trinajstić information content (AvgIpc) is 2.82. The van der Waals surface area contributed by atoms with Gasteiger partial charge in [-0.15, -0.1) is 0 Å². The van der Waals surface area contributed by atoms with E-state index in [0.717, 1.165) is 15.7 Å². The zero-order valence-electron chi connectivity index (χ0n) is 19.3. The highest BCUT2D eigenvalue weighted by molar-refractivity contribution is 6.01. The van der Waals surface area contributed by atoms with Crippen LogP contribution in [-0.2, 0) is 19.6 Å². The van der Waals surface area contributed by atoms with Gasteiger partial charge in [-0.1, -0.05) is 36.4 Å². The van der Waals surface area contributed by atoms with Crippen molar-refractivity contribution in [1.29, 1.82) is 0 Å². The van der Waals surface area contributed by atoms with Gasteiger partial charge in [0.2, 0.25) is 0 Å². The molecule has 9 nitrogen and oxygen atoms in total. The Labute approximate surface area is 196 Å². The van der Waals surface area contributed by atoms with Gasteiger partial charge < -0.3 is 15.2 Å². The van der Waals surface area contributed by atoms with Crippen molar-refractivity contribution in [1.82, 2.24) is 14.0 Å². The molecule has 4 rings (SSSR count). The first-order valence-corrected chi connectivity index (χ1v) is 11.2. The highest BCUT2D eigenvalue weighted by atomic mass is 16.6.